The van der Waals surface area contributed by atoms with Crippen molar-refractivity contribution in [1.82, 2.24) is 0 Å². The van der Waals surface area contributed by atoms with Gasteiger partial charge in [-0.15, -0.1) is 0 Å². The first-order chi connectivity index (χ1) is 13.3. The molecular formula is C20H22BrNO6. The molecule has 1 atom stereocenters. The lowest BCUT2D eigenvalue weighted by Crippen LogP contribution is -2.30. The van der Waals surface area contributed by atoms with Crippen LogP contribution in [-0.2, 0) is 4.74 Å². The Balaban J connectivity index is 1.82. The number of hydrogen-bond donors (Lipinski definition) is 3. The molecule has 0 saturated heterocycles. The molecule has 1 aliphatic heterocycles. The zero-order valence-electron chi connectivity index (χ0n) is 15.6. The molecule has 1 heterocycles. The highest BCUT2D eigenvalue weighted by Gasteiger charge is 2.36. The van der Waals surface area contributed by atoms with Crippen LogP contribution in [0, 0.1) is 5.41 Å². The van der Waals surface area contributed by atoms with Gasteiger partial charge >= 0.3 is 6.09 Å². The molecule has 0 spiro atoms. The van der Waals surface area contributed by atoms with Gasteiger partial charge in [0.05, 0.1) is 0 Å². The van der Waals surface area contributed by atoms with Gasteiger partial charge in [0.1, 0.15) is 11.9 Å². The number of phenolic OH excluding ortho intramolecular Hbond substituents is 1. The number of nitrogens with one attached hydrogen (secondary N) is 1. The van der Waals surface area contributed by atoms with Crippen molar-refractivity contribution in [2.45, 2.75) is 26.4 Å². The number of rotatable bonds is 6. The fourth-order valence-electron chi connectivity index (χ4n) is 3.03. The molecule has 1 amide bonds. The second-order valence-electron chi connectivity index (χ2n) is 7.14. The lowest BCUT2D eigenvalue weighted by atomic mass is 9.79. The summed E-state index contributed by atoms with van der Waals surface area (Å²) in [5, 5.41) is 22.4. The molecule has 0 fully saturated rings. The predicted octanol–water partition coefficient (Wildman–Crippen LogP) is 4.58. The highest BCUT2D eigenvalue weighted by Crippen LogP contribution is 2.43. The number of benzene rings is 2. The number of carbonyl (C=O) groups is 1. The third-order valence-electron chi connectivity index (χ3n) is 4.58. The van der Waals surface area contributed by atoms with Gasteiger partial charge in [0.15, 0.2) is 11.5 Å². The van der Waals surface area contributed by atoms with Crippen molar-refractivity contribution in [2.24, 2.45) is 5.41 Å². The van der Waals surface area contributed by atoms with E-state index in [1.807, 2.05) is 13.8 Å². The van der Waals surface area contributed by atoms with E-state index in [1.54, 1.807) is 30.3 Å². The summed E-state index contributed by atoms with van der Waals surface area (Å²) in [6.07, 6.45) is -1.10. The molecule has 0 unspecified atom stereocenters. The van der Waals surface area contributed by atoms with E-state index >= 15 is 0 Å². The lowest BCUT2D eigenvalue weighted by molar-refractivity contribution is 0.0138. The molecule has 0 bridgehead atoms. The van der Waals surface area contributed by atoms with Gasteiger partial charge in [0.25, 0.3) is 0 Å². The summed E-state index contributed by atoms with van der Waals surface area (Å²) < 4.78 is 17.0. The Morgan fingerprint density at radius 1 is 1.25 bits per heavy atom. The number of hydrogen-bond acceptors (Lipinski definition) is 6. The number of anilines is 1. The van der Waals surface area contributed by atoms with E-state index in [4.69, 9.17) is 14.2 Å². The number of amides is 1. The Kier molecular flexibility index (Phi) is 6.00. The largest absolute Gasteiger partial charge is 0.508 e. The van der Waals surface area contributed by atoms with Crippen molar-refractivity contribution in [3.05, 3.63) is 46.4 Å². The number of phenols is 1. The quantitative estimate of drug-likeness (QED) is 0.594. The van der Waals surface area contributed by atoms with Crippen molar-refractivity contribution in [1.29, 1.82) is 0 Å². The van der Waals surface area contributed by atoms with Gasteiger partial charge in [0.2, 0.25) is 6.79 Å². The molecule has 28 heavy (non-hydrogen) atoms. The number of aliphatic hydroxyl groups excluding tert-OH is 1. The van der Waals surface area contributed by atoms with Crippen LogP contribution < -0.4 is 14.8 Å². The summed E-state index contributed by atoms with van der Waals surface area (Å²) in [7, 11) is 0. The standard InChI is InChI=1S/C20H22BrNO6/c1-20(2,7-8-23)18(14-9-12(21)3-5-15(14)24)28-19(25)22-13-4-6-16-17(10-13)27-11-26-16/h3-6,9-10,18,23-24H,7-8,11H2,1-2H3,(H,22,25)/t18-/m0/s1. The maximum Gasteiger partial charge on any atom is 0.412 e. The summed E-state index contributed by atoms with van der Waals surface area (Å²) >= 11 is 3.38. The van der Waals surface area contributed by atoms with E-state index in [1.165, 1.54) is 6.07 Å². The summed E-state index contributed by atoms with van der Waals surface area (Å²) in [5.74, 6) is 1.16. The number of aliphatic hydroxyl groups is 1. The van der Waals surface area contributed by atoms with Gasteiger partial charge in [-0.25, -0.2) is 4.79 Å². The van der Waals surface area contributed by atoms with E-state index in [-0.39, 0.29) is 19.1 Å². The van der Waals surface area contributed by atoms with E-state index in [0.717, 1.165) is 4.47 Å². The molecule has 2 aromatic rings. The number of halogens is 1. The third-order valence-corrected chi connectivity index (χ3v) is 5.08. The fraction of sp³-hybridized carbons (Fsp3) is 0.350. The Labute approximate surface area is 171 Å². The van der Waals surface area contributed by atoms with E-state index < -0.39 is 17.6 Å². The van der Waals surface area contributed by atoms with Crippen LogP contribution in [0.1, 0.15) is 31.9 Å². The summed E-state index contributed by atoms with van der Waals surface area (Å²) in [5.41, 5.74) is 0.319. The Morgan fingerprint density at radius 2 is 2.00 bits per heavy atom. The van der Waals surface area contributed by atoms with Crippen LogP contribution in [0.15, 0.2) is 40.9 Å². The fourth-order valence-corrected chi connectivity index (χ4v) is 3.41. The number of ether oxygens (including phenoxy) is 3. The topological polar surface area (TPSA) is 97.3 Å². The average Bonchev–Trinajstić information content (AvgIpc) is 3.09. The Hall–Kier alpha value is -2.45. The molecule has 2 aromatic carbocycles. The summed E-state index contributed by atoms with van der Waals surface area (Å²) in [4.78, 5) is 12.6. The van der Waals surface area contributed by atoms with Crippen LogP contribution in [0.3, 0.4) is 0 Å². The first kappa shape index (κ1) is 20.3. The highest BCUT2D eigenvalue weighted by molar-refractivity contribution is 9.10. The SMILES string of the molecule is CC(C)(CCO)[C@@H](OC(=O)Nc1ccc2c(c1)OCO2)c1cc(Br)ccc1O. The van der Waals surface area contributed by atoms with Crippen LogP contribution >= 0.6 is 15.9 Å². The number of fused-ring (bicyclic) bond motifs is 1. The molecule has 8 heteroatoms. The highest BCUT2D eigenvalue weighted by atomic mass is 79.9. The minimum Gasteiger partial charge on any atom is -0.508 e. The molecule has 0 aromatic heterocycles. The van der Waals surface area contributed by atoms with Crippen LogP contribution in [0.25, 0.3) is 0 Å². The number of carbonyl (C=O) groups excluding carboxylic acids is 1. The van der Waals surface area contributed by atoms with Crippen LogP contribution in [0.5, 0.6) is 17.2 Å². The second kappa shape index (κ2) is 8.28. The summed E-state index contributed by atoms with van der Waals surface area (Å²) in [6, 6.07) is 9.95. The van der Waals surface area contributed by atoms with Crippen molar-refractivity contribution in [3.8, 4) is 17.2 Å². The molecule has 1 aliphatic rings. The van der Waals surface area contributed by atoms with Gasteiger partial charge in [-0.1, -0.05) is 29.8 Å². The van der Waals surface area contributed by atoms with Gasteiger partial charge in [-0.2, -0.15) is 0 Å². The smallest absolute Gasteiger partial charge is 0.412 e. The second-order valence-corrected chi connectivity index (χ2v) is 8.06. The molecule has 150 valence electrons. The molecule has 3 rings (SSSR count). The molecule has 0 radical (unpaired) electrons. The minimum atomic E-state index is -0.786. The van der Waals surface area contributed by atoms with Crippen molar-refractivity contribution < 1.29 is 29.2 Å². The van der Waals surface area contributed by atoms with Crippen molar-refractivity contribution >= 4 is 27.7 Å². The van der Waals surface area contributed by atoms with Gasteiger partial charge < -0.3 is 24.4 Å². The van der Waals surface area contributed by atoms with E-state index in [9.17, 15) is 15.0 Å². The summed E-state index contributed by atoms with van der Waals surface area (Å²) in [6.45, 7) is 3.79. The molecule has 0 aliphatic carbocycles. The average molecular weight is 452 g/mol. The zero-order chi connectivity index (χ0) is 20.3. The van der Waals surface area contributed by atoms with Crippen molar-refractivity contribution in [2.75, 3.05) is 18.7 Å². The Bertz CT molecular complexity index is 870. The van der Waals surface area contributed by atoms with Crippen LogP contribution in [-0.4, -0.2) is 29.7 Å². The molecule has 0 saturated carbocycles. The van der Waals surface area contributed by atoms with E-state index in [0.29, 0.717) is 29.2 Å². The predicted molar refractivity (Wildman–Crippen MR) is 107 cm³/mol. The molecular weight excluding hydrogens is 430 g/mol. The third kappa shape index (κ3) is 4.51. The van der Waals surface area contributed by atoms with Crippen molar-refractivity contribution in [3.63, 3.8) is 0 Å². The van der Waals surface area contributed by atoms with Crippen LogP contribution in [0.4, 0.5) is 10.5 Å². The number of aromatic hydroxyl groups is 1. The van der Waals surface area contributed by atoms with E-state index in [2.05, 4.69) is 21.2 Å². The van der Waals surface area contributed by atoms with Gasteiger partial charge in [-0.3, -0.25) is 5.32 Å². The van der Waals surface area contributed by atoms with Crippen LogP contribution in [0.2, 0.25) is 0 Å². The monoisotopic (exact) mass is 451 g/mol. The van der Waals surface area contributed by atoms with Gasteiger partial charge in [0, 0.05) is 33.8 Å². The normalized spacial score (nSPS) is 13.9. The van der Waals surface area contributed by atoms with Gasteiger partial charge in [-0.05, 0) is 36.8 Å². The molecule has 3 N–H and O–H groups in total. The first-order valence-electron chi connectivity index (χ1n) is 8.77. The first-order valence-corrected chi connectivity index (χ1v) is 9.56. The molecule has 7 nitrogen and oxygen atoms in total. The maximum atomic E-state index is 12.6. The maximum absolute atomic E-state index is 12.6. The Morgan fingerprint density at radius 3 is 2.75 bits per heavy atom. The lowest BCUT2D eigenvalue weighted by Gasteiger charge is -2.34. The minimum absolute atomic E-state index is 0.00935. The zero-order valence-corrected chi connectivity index (χ0v) is 17.2.